The zero-order valence-corrected chi connectivity index (χ0v) is 11.7. The first-order chi connectivity index (χ1) is 9.03. The van der Waals surface area contributed by atoms with E-state index in [9.17, 15) is 4.79 Å². The van der Waals surface area contributed by atoms with Gasteiger partial charge in [-0.15, -0.1) is 0 Å². The summed E-state index contributed by atoms with van der Waals surface area (Å²) in [5.74, 6) is 1.20. The van der Waals surface area contributed by atoms with Crippen LogP contribution in [-0.4, -0.2) is 41.1 Å². The number of oxazole rings is 1. The van der Waals surface area contributed by atoms with E-state index in [2.05, 4.69) is 4.98 Å². The predicted molar refractivity (Wildman–Crippen MR) is 69.1 cm³/mol. The van der Waals surface area contributed by atoms with Gasteiger partial charge in [-0.3, -0.25) is 4.79 Å². The average molecular weight is 264 g/mol. The Hall–Kier alpha value is -1.36. The molecule has 1 amide bonds. The number of carbonyl (C=O) groups excluding carboxylic acids is 1. The highest BCUT2D eigenvalue weighted by atomic mass is 16.5. The molecule has 1 spiro atoms. The smallest absolute Gasteiger partial charge is 0.292 e. The van der Waals surface area contributed by atoms with E-state index in [1.165, 1.54) is 0 Å². The molecule has 104 valence electrons. The maximum Gasteiger partial charge on any atom is 0.292 e. The molecule has 19 heavy (non-hydrogen) atoms. The number of nitrogens with zero attached hydrogens (tertiary/aromatic N) is 2. The van der Waals surface area contributed by atoms with Crippen LogP contribution in [0.3, 0.4) is 0 Å². The van der Waals surface area contributed by atoms with Crippen molar-refractivity contribution in [3.05, 3.63) is 17.3 Å². The van der Waals surface area contributed by atoms with Gasteiger partial charge in [0.1, 0.15) is 0 Å². The summed E-state index contributed by atoms with van der Waals surface area (Å²) in [6.45, 7) is 7.77. The molecule has 1 aliphatic carbocycles. The van der Waals surface area contributed by atoms with Crippen molar-refractivity contribution in [2.24, 2.45) is 0 Å². The lowest BCUT2D eigenvalue weighted by molar-refractivity contribution is -0.0133. The first-order valence-corrected chi connectivity index (χ1v) is 6.90. The van der Waals surface area contributed by atoms with E-state index >= 15 is 0 Å². The first kappa shape index (κ1) is 12.7. The summed E-state index contributed by atoms with van der Waals surface area (Å²) >= 11 is 0. The maximum absolute atomic E-state index is 12.6. The minimum atomic E-state index is -0.0629. The van der Waals surface area contributed by atoms with Crippen molar-refractivity contribution < 1.29 is 13.9 Å². The van der Waals surface area contributed by atoms with Crippen LogP contribution in [0.2, 0.25) is 0 Å². The van der Waals surface area contributed by atoms with Crippen LogP contribution >= 0.6 is 0 Å². The van der Waals surface area contributed by atoms with Crippen LogP contribution in [0, 0.1) is 6.92 Å². The van der Waals surface area contributed by atoms with Crippen molar-refractivity contribution >= 4 is 5.91 Å². The molecule has 1 saturated carbocycles. The van der Waals surface area contributed by atoms with Gasteiger partial charge >= 0.3 is 0 Å². The molecular weight excluding hydrogens is 244 g/mol. The van der Waals surface area contributed by atoms with Gasteiger partial charge in [0.2, 0.25) is 5.76 Å². The standard InChI is InChI=1S/C14H20N2O3/c1-9(2)12-15-10(3)11(19-12)13(17)16-6-7-18-8-14(16)4-5-14/h9H,4-8H2,1-3H3. The molecule has 5 heteroatoms. The zero-order valence-electron chi connectivity index (χ0n) is 11.7. The van der Waals surface area contributed by atoms with E-state index < -0.39 is 0 Å². The highest BCUT2D eigenvalue weighted by Crippen LogP contribution is 2.44. The topological polar surface area (TPSA) is 55.6 Å². The van der Waals surface area contributed by atoms with Gasteiger partial charge in [-0.1, -0.05) is 13.8 Å². The summed E-state index contributed by atoms with van der Waals surface area (Å²) in [5.41, 5.74) is 0.628. The molecule has 0 aromatic carbocycles. The molecule has 0 atom stereocenters. The Balaban J connectivity index is 1.87. The lowest BCUT2D eigenvalue weighted by Crippen LogP contribution is -2.50. The first-order valence-electron chi connectivity index (χ1n) is 6.90. The quantitative estimate of drug-likeness (QED) is 0.821. The zero-order chi connectivity index (χ0) is 13.6. The second kappa shape index (κ2) is 4.34. The van der Waals surface area contributed by atoms with E-state index in [0.29, 0.717) is 37.1 Å². The number of rotatable bonds is 2. The van der Waals surface area contributed by atoms with Crippen LogP contribution in [0.1, 0.15) is 54.7 Å². The van der Waals surface area contributed by atoms with Crippen LogP contribution in [0.4, 0.5) is 0 Å². The third-order valence-electron chi connectivity index (χ3n) is 3.98. The average Bonchev–Trinajstić information content (AvgIpc) is 3.01. The van der Waals surface area contributed by atoms with Gasteiger partial charge in [-0.05, 0) is 19.8 Å². The van der Waals surface area contributed by atoms with Gasteiger partial charge in [0, 0.05) is 12.5 Å². The Morgan fingerprint density at radius 3 is 2.74 bits per heavy atom. The fourth-order valence-electron chi connectivity index (χ4n) is 2.59. The third kappa shape index (κ3) is 2.06. The molecule has 2 aliphatic rings. The van der Waals surface area contributed by atoms with Crippen molar-refractivity contribution in [1.82, 2.24) is 9.88 Å². The van der Waals surface area contributed by atoms with Crippen molar-refractivity contribution in [1.29, 1.82) is 0 Å². The molecule has 5 nitrogen and oxygen atoms in total. The summed E-state index contributed by atoms with van der Waals surface area (Å²) in [5, 5.41) is 0. The van der Waals surface area contributed by atoms with Crippen molar-refractivity contribution in [2.45, 2.75) is 45.1 Å². The number of aryl methyl sites for hydroxylation is 1. The number of hydrogen-bond acceptors (Lipinski definition) is 4. The van der Waals surface area contributed by atoms with Gasteiger partial charge in [0.15, 0.2) is 5.89 Å². The van der Waals surface area contributed by atoms with Gasteiger partial charge in [-0.25, -0.2) is 4.98 Å². The third-order valence-corrected chi connectivity index (χ3v) is 3.98. The van der Waals surface area contributed by atoms with Crippen LogP contribution in [-0.2, 0) is 4.74 Å². The highest BCUT2D eigenvalue weighted by Gasteiger charge is 2.52. The summed E-state index contributed by atoms with van der Waals surface area (Å²) in [4.78, 5) is 18.9. The summed E-state index contributed by atoms with van der Waals surface area (Å²) in [7, 11) is 0. The molecule has 1 saturated heterocycles. The molecule has 1 aromatic heterocycles. The Kier molecular flexibility index (Phi) is 2.89. The van der Waals surface area contributed by atoms with Crippen LogP contribution in [0.15, 0.2) is 4.42 Å². The van der Waals surface area contributed by atoms with E-state index in [1.807, 2.05) is 25.7 Å². The fourth-order valence-corrected chi connectivity index (χ4v) is 2.59. The Morgan fingerprint density at radius 2 is 2.16 bits per heavy atom. The summed E-state index contributed by atoms with van der Waals surface area (Å²) in [6, 6.07) is 0. The molecular formula is C14H20N2O3. The molecule has 1 aliphatic heterocycles. The Labute approximate surface area is 112 Å². The van der Waals surface area contributed by atoms with E-state index in [4.69, 9.17) is 9.15 Å². The normalized spacial score (nSPS) is 21.2. The second-order valence-corrected chi connectivity index (χ2v) is 5.86. The minimum Gasteiger partial charge on any atom is -0.435 e. The Bertz CT molecular complexity index is 503. The molecule has 0 unspecified atom stereocenters. The number of aromatic nitrogens is 1. The molecule has 0 N–H and O–H groups in total. The maximum atomic E-state index is 12.6. The molecule has 2 fully saturated rings. The highest BCUT2D eigenvalue weighted by molar-refractivity contribution is 5.93. The number of morpholine rings is 1. The van der Waals surface area contributed by atoms with E-state index in [0.717, 1.165) is 12.8 Å². The van der Waals surface area contributed by atoms with Crippen LogP contribution in [0.5, 0.6) is 0 Å². The number of carbonyl (C=O) groups is 1. The second-order valence-electron chi connectivity index (χ2n) is 5.86. The number of amides is 1. The van der Waals surface area contributed by atoms with Gasteiger partial charge in [0.25, 0.3) is 5.91 Å². The fraction of sp³-hybridized carbons (Fsp3) is 0.714. The van der Waals surface area contributed by atoms with E-state index in [-0.39, 0.29) is 17.4 Å². The number of hydrogen-bond donors (Lipinski definition) is 0. The van der Waals surface area contributed by atoms with Crippen molar-refractivity contribution in [2.75, 3.05) is 19.8 Å². The SMILES string of the molecule is Cc1nc(C(C)C)oc1C(=O)N1CCOCC12CC2. The van der Waals surface area contributed by atoms with Crippen molar-refractivity contribution in [3.8, 4) is 0 Å². The molecule has 0 radical (unpaired) electrons. The van der Waals surface area contributed by atoms with Gasteiger partial charge in [-0.2, -0.15) is 0 Å². The van der Waals surface area contributed by atoms with E-state index in [1.54, 1.807) is 0 Å². The van der Waals surface area contributed by atoms with Gasteiger partial charge < -0.3 is 14.1 Å². The van der Waals surface area contributed by atoms with Crippen LogP contribution < -0.4 is 0 Å². The summed E-state index contributed by atoms with van der Waals surface area (Å²) < 4.78 is 11.2. The molecule has 0 bridgehead atoms. The molecule has 3 rings (SSSR count). The molecule has 1 aromatic rings. The van der Waals surface area contributed by atoms with Crippen LogP contribution in [0.25, 0.3) is 0 Å². The Morgan fingerprint density at radius 1 is 1.42 bits per heavy atom. The summed E-state index contributed by atoms with van der Waals surface area (Å²) in [6.07, 6.45) is 2.06. The predicted octanol–water partition coefficient (Wildman–Crippen LogP) is 2.11. The lowest BCUT2D eigenvalue weighted by atomic mass is 10.2. The lowest BCUT2D eigenvalue weighted by Gasteiger charge is -2.35. The minimum absolute atomic E-state index is 0.0299. The van der Waals surface area contributed by atoms with Gasteiger partial charge in [0.05, 0.1) is 24.4 Å². The molecule has 2 heterocycles. The largest absolute Gasteiger partial charge is 0.435 e. The monoisotopic (exact) mass is 264 g/mol. The van der Waals surface area contributed by atoms with Crippen molar-refractivity contribution in [3.63, 3.8) is 0 Å². The number of ether oxygens (including phenoxy) is 1.